The van der Waals surface area contributed by atoms with Gasteiger partial charge in [0.1, 0.15) is 6.61 Å². The molecule has 0 radical (unpaired) electrons. The molecule has 3 aromatic carbocycles. The van der Waals surface area contributed by atoms with Gasteiger partial charge in [-0.05, 0) is 48.0 Å². The Morgan fingerprint density at radius 3 is 2.27 bits per heavy atom. The van der Waals surface area contributed by atoms with Crippen molar-refractivity contribution in [1.29, 1.82) is 0 Å². The molecule has 1 aliphatic rings. The van der Waals surface area contributed by atoms with Gasteiger partial charge in [-0.2, -0.15) is 0 Å². The average molecular weight is 504 g/mol. The lowest BCUT2D eigenvalue weighted by molar-refractivity contribution is 0.0722. The Hall–Kier alpha value is -2.57. The van der Waals surface area contributed by atoms with Gasteiger partial charge >= 0.3 is 0 Å². The van der Waals surface area contributed by atoms with Crippen LogP contribution in [0.2, 0.25) is 15.1 Å². The summed E-state index contributed by atoms with van der Waals surface area (Å²) in [5.41, 5.74) is 2.54. The van der Waals surface area contributed by atoms with E-state index in [2.05, 4.69) is 4.90 Å². The number of benzene rings is 3. The number of halogens is 3. The standard InChI is InChI=1S/C25H21Cl3N2O3/c26-19-6-4-16(5-7-19)23-14-29(10-11-30(23)22-9-8-20(27)13-21(22)28)25(33)18-3-1-2-17(12-18)24(32)15-31/h1-9,12-13,23,31H,10-11,14-15H2. The highest BCUT2D eigenvalue weighted by Gasteiger charge is 2.32. The van der Waals surface area contributed by atoms with E-state index in [4.69, 9.17) is 39.9 Å². The van der Waals surface area contributed by atoms with Crippen LogP contribution in [0, 0.1) is 0 Å². The summed E-state index contributed by atoms with van der Waals surface area (Å²) in [6.07, 6.45) is 0. The first kappa shape index (κ1) is 23.6. The molecule has 1 fully saturated rings. The fourth-order valence-corrected chi connectivity index (χ4v) is 4.68. The van der Waals surface area contributed by atoms with Crippen LogP contribution in [0.15, 0.2) is 66.7 Å². The minimum absolute atomic E-state index is 0.166. The first-order valence-electron chi connectivity index (χ1n) is 10.4. The molecular weight excluding hydrogens is 483 g/mol. The van der Waals surface area contributed by atoms with Gasteiger partial charge in [0.25, 0.3) is 5.91 Å². The van der Waals surface area contributed by atoms with Crippen molar-refractivity contribution in [3.05, 3.63) is 98.5 Å². The topological polar surface area (TPSA) is 60.9 Å². The maximum absolute atomic E-state index is 13.3. The van der Waals surface area contributed by atoms with E-state index in [0.29, 0.717) is 45.8 Å². The smallest absolute Gasteiger partial charge is 0.254 e. The quantitative estimate of drug-likeness (QED) is 0.465. The summed E-state index contributed by atoms with van der Waals surface area (Å²) in [5.74, 6) is -0.603. The van der Waals surface area contributed by atoms with Crippen molar-refractivity contribution in [2.45, 2.75) is 6.04 Å². The Labute approximate surface area is 207 Å². The molecule has 1 unspecified atom stereocenters. The molecule has 4 rings (SSSR count). The molecule has 0 bridgehead atoms. The number of Topliss-reactive ketones (excluding diaryl/α,β-unsaturated/α-hetero) is 1. The lowest BCUT2D eigenvalue weighted by Crippen LogP contribution is -2.50. The maximum Gasteiger partial charge on any atom is 0.254 e. The fourth-order valence-electron chi connectivity index (χ4n) is 4.04. The van der Waals surface area contributed by atoms with E-state index >= 15 is 0 Å². The number of amides is 1. The van der Waals surface area contributed by atoms with E-state index in [9.17, 15) is 9.59 Å². The van der Waals surface area contributed by atoms with Crippen LogP contribution < -0.4 is 4.90 Å². The van der Waals surface area contributed by atoms with Gasteiger partial charge in [0, 0.05) is 40.8 Å². The zero-order chi connectivity index (χ0) is 23.5. The summed E-state index contributed by atoms with van der Waals surface area (Å²) in [5, 5.41) is 10.9. The predicted octanol–water partition coefficient (Wildman–Crippen LogP) is 5.53. The molecule has 0 aromatic heterocycles. The number of hydrogen-bond acceptors (Lipinski definition) is 4. The van der Waals surface area contributed by atoms with Crippen molar-refractivity contribution in [2.75, 3.05) is 31.1 Å². The molecule has 1 amide bonds. The zero-order valence-electron chi connectivity index (χ0n) is 17.5. The summed E-state index contributed by atoms with van der Waals surface area (Å²) in [6.45, 7) is 0.837. The monoisotopic (exact) mass is 502 g/mol. The molecule has 1 saturated heterocycles. The predicted molar refractivity (Wildman–Crippen MR) is 132 cm³/mol. The average Bonchev–Trinajstić information content (AvgIpc) is 2.83. The summed E-state index contributed by atoms with van der Waals surface area (Å²) in [7, 11) is 0. The minimum atomic E-state index is -0.600. The number of carbonyl (C=O) groups is 2. The summed E-state index contributed by atoms with van der Waals surface area (Å²) in [6, 6.07) is 19.2. The number of ketones is 1. The van der Waals surface area contributed by atoms with Crippen LogP contribution in [0.3, 0.4) is 0 Å². The molecule has 5 nitrogen and oxygen atoms in total. The number of aliphatic hydroxyl groups excluding tert-OH is 1. The first-order chi connectivity index (χ1) is 15.9. The lowest BCUT2D eigenvalue weighted by atomic mass is 10.00. The molecule has 0 spiro atoms. The lowest BCUT2D eigenvalue weighted by Gasteiger charge is -2.43. The molecule has 170 valence electrons. The number of carbonyl (C=O) groups excluding carboxylic acids is 2. The van der Waals surface area contributed by atoms with Crippen molar-refractivity contribution < 1.29 is 14.7 Å². The fraction of sp³-hybridized carbons (Fsp3) is 0.200. The van der Waals surface area contributed by atoms with Crippen LogP contribution in [0.4, 0.5) is 5.69 Å². The van der Waals surface area contributed by atoms with Crippen molar-refractivity contribution in [3.63, 3.8) is 0 Å². The van der Waals surface area contributed by atoms with E-state index in [-0.39, 0.29) is 11.9 Å². The van der Waals surface area contributed by atoms with Gasteiger partial charge in [-0.3, -0.25) is 9.59 Å². The Balaban J connectivity index is 1.65. The molecule has 3 aromatic rings. The third kappa shape index (κ3) is 5.17. The SMILES string of the molecule is O=C(CO)c1cccc(C(=O)N2CCN(c3ccc(Cl)cc3Cl)C(c3ccc(Cl)cc3)C2)c1. The second-order valence-electron chi connectivity index (χ2n) is 7.77. The second-order valence-corrected chi connectivity index (χ2v) is 9.05. The van der Waals surface area contributed by atoms with Gasteiger partial charge in [-0.25, -0.2) is 0 Å². The number of aliphatic hydroxyl groups is 1. The number of hydrogen-bond donors (Lipinski definition) is 1. The highest BCUT2D eigenvalue weighted by Crippen LogP contribution is 2.37. The molecular formula is C25H21Cl3N2O3. The van der Waals surface area contributed by atoms with Crippen molar-refractivity contribution in [2.24, 2.45) is 0 Å². The van der Waals surface area contributed by atoms with Gasteiger partial charge in [0.05, 0.1) is 16.8 Å². The Morgan fingerprint density at radius 1 is 0.879 bits per heavy atom. The Morgan fingerprint density at radius 2 is 1.58 bits per heavy atom. The van der Waals surface area contributed by atoms with E-state index in [0.717, 1.165) is 11.3 Å². The molecule has 0 saturated carbocycles. The van der Waals surface area contributed by atoms with Crippen LogP contribution in [0.5, 0.6) is 0 Å². The maximum atomic E-state index is 13.3. The number of piperazine rings is 1. The molecule has 1 N–H and O–H groups in total. The normalized spacial score (nSPS) is 16.1. The van der Waals surface area contributed by atoms with Crippen LogP contribution in [-0.4, -0.2) is 47.9 Å². The molecule has 33 heavy (non-hydrogen) atoms. The van der Waals surface area contributed by atoms with Gasteiger partial charge in [0.2, 0.25) is 0 Å². The van der Waals surface area contributed by atoms with Crippen molar-refractivity contribution >= 4 is 52.2 Å². The third-order valence-electron chi connectivity index (χ3n) is 5.72. The number of nitrogens with zero attached hydrogens (tertiary/aromatic N) is 2. The summed E-state index contributed by atoms with van der Waals surface area (Å²) >= 11 is 18.7. The van der Waals surface area contributed by atoms with Gasteiger partial charge in [0.15, 0.2) is 5.78 Å². The van der Waals surface area contributed by atoms with Gasteiger partial charge in [-0.15, -0.1) is 0 Å². The summed E-state index contributed by atoms with van der Waals surface area (Å²) < 4.78 is 0. The van der Waals surface area contributed by atoms with Crippen LogP contribution >= 0.6 is 34.8 Å². The Bertz CT molecular complexity index is 1180. The largest absolute Gasteiger partial charge is 0.388 e. The van der Waals surface area contributed by atoms with Gasteiger partial charge in [-0.1, -0.05) is 59.1 Å². The molecule has 1 heterocycles. The van der Waals surface area contributed by atoms with Crippen molar-refractivity contribution in [3.8, 4) is 0 Å². The zero-order valence-corrected chi connectivity index (χ0v) is 19.8. The second kappa shape index (κ2) is 10.1. The van der Waals surface area contributed by atoms with Crippen LogP contribution in [-0.2, 0) is 0 Å². The van der Waals surface area contributed by atoms with E-state index < -0.39 is 12.4 Å². The van der Waals surface area contributed by atoms with E-state index in [1.165, 1.54) is 6.07 Å². The van der Waals surface area contributed by atoms with E-state index in [1.54, 1.807) is 35.2 Å². The molecule has 8 heteroatoms. The highest BCUT2D eigenvalue weighted by atomic mass is 35.5. The summed E-state index contributed by atoms with van der Waals surface area (Å²) in [4.78, 5) is 29.1. The molecule has 1 aliphatic heterocycles. The van der Waals surface area contributed by atoms with E-state index in [1.807, 2.05) is 30.3 Å². The first-order valence-corrected chi connectivity index (χ1v) is 11.5. The van der Waals surface area contributed by atoms with Crippen LogP contribution in [0.25, 0.3) is 0 Å². The molecule has 1 atom stereocenters. The molecule has 0 aliphatic carbocycles. The van der Waals surface area contributed by atoms with Gasteiger partial charge < -0.3 is 14.9 Å². The van der Waals surface area contributed by atoms with Crippen LogP contribution in [0.1, 0.15) is 32.3 Å². The number of rotatable bonds is 5. The number of anilines is 1. The highest BCUT2D eigenvalue weighted by molar-refractivity contribution is 6.36. The van der Waals surface area contributed by atoms with Crippen molar-refractivity contribution in [1.82, 2.24) is 4.90 Å². The third-order valence-corrected chi connectivity index (χ3v) is 6.51. The Kier molecular flexibility index (Phi) is 7.25. The minimum Gasteiger partial charge on any atom is -0.388 e.